The average Bonchev–Trinajstić information content (AvgIpc) is 3.19. The molecule has 1 fully saturated rings. The molecule has 0 bridgehead atoms. The summed E-state index contributed by atoms with van der Waals surface area (Å²) in [6, 6.07) is 15.7. The van der Waals surface area contributed by atoms with E-state index in [0.29, 0.717) is 18.0 Å². The average molecular weight is 368 g/mol. The molecule has 1 N–H and O–H groups in total. The van der Waals surface area contributed by atoms with Crippen molar-refractivity contribution >= 4 is 5.91 Å². The Morgan fingerprint density at radius 2 is 1.78 bits per heavy atom. The number of ether oxygens (including phenoxy) is 2. The molecular weight excluding hydrogens is 340 g/mol. The zero-order valence-corrected chi connectivity index (χ0v) is 16.1. The van der Waals surface area contributed by atoms with Gasteiger partial charge in [-0.25, -0.2) is 0 Å². The van der Waals surface area contributed by atoms with E-state index in [1.54, 1.807) is 20.1 Å². The van der Waals surface area contributed by atoms with Crippen LogP contribution in [0.1, 0.15) is 30.9 Å². The minimum Gasteiger partial charge on any atom is -0.493 e. The van der Waals surface area contributed by atoms with Crippen LogP contribution in [0.4, 0.5) is 0 Å². The van der Waals surface area contributed by atoms with Gasteiger partial charge in [0.1, 0.15) is 0 Å². The molecule has 144 valence electrons. The molecule has 1 atom stereocenters. The Morgan fingerprint density at radius 3 is 2.52 bits per heavy atom. The first-order valence-electron chi connectivity index (χ1n) is 9.53. The molecule has 3 rings (SSSR count). The van der Waals surface area contributed by atoms with Gasteiger partial charge in [-0.2, -0.15) is 0 Å². The number of hydrogen-bond acceptors (Lipinski definition) is 4. The van der Waals surface area contributed by atoms with Crippen molar-refractivity contribution in [3.8, 4) is 11.5 Å². The predicted octanol–water partition coefficient (Wildman–Crippen LogP) is 3.37. The Balaban J connectivity index is 1.52. The maximum Gasteiger partial charge on any atom is 0.261 e. The first-order valence-corrected chi connectivity index (χ1v) is 9.53. The van der Waals surface area contributed by atoms with Gasteiger partial charge in [-0.05, 0) is 56.1 Å². The third-order valence-corrected chi connectivity index (χ3v) is 4.81. The van der Waals surface area contributed by atoms with Gasteiger partial charge < -0.3 is 14.8 Å². The van der Waals surface area contributed by atoms with Crippen molar-refractivity contribution in [1.82, 2.24) is 10.2 Å². The molecule has 0 aromatic heterocycles. The normalized spacial score (nSPS) is 15.3. The van der Waals surface area contributed by atoms with Crippen molar-refractivity contribution in [2.45, 2.75) is 39.0 Å². The van der Waals surface area contributed by atoms with E-state index < -0.39 is 6.10 Å². The Hall–Kier alpha value is -2.53. The number of hydrogen-bond donors (Lipinski definition) is 1. The molecule has 1 saturated heterocycles. The lowest BCUT2D eigenvalue weighted by Gasteiger charge is -2.17. The van der Waals surface area contributed by atoms with E-state index in [1.165, 1.54) is 31.5 Å². The van der Waals surface area contributed by atoms with Crippen molar-refractivity contribution in [3.63, 3.8) is 0 Å². The number of amides is 1. The standard InChI is InChI=1S/C22H28N2O3/c1-17(27-21-11-4-3-10-20(21)26-2)22(25)23-15-18-8-7-9-19(14-18)16-24-12-5-6-13-24/h3-4,7-11,14,17H,5-6,12-13,15-16H2,1-2H3,(H,23,25)/t17-/m1/s1. The molecule has 0 aliphatic carbocycles. The van der Waals surface area contributed by atoms with Gasteiger partial charge in [-0.1, -0.05) is 36.4 Å². The molecule has 0 unspecified atom stereocenters. The van der Waals surface area contributed by atoms with E-state index in [4.69, 9.17) is 9.47 Å². The van der Waals surface area contributed by atoms with Crippen molar-refractivity contribution in [2.75, 3.05) is 20.2 Å². The van der Waals surface area contributed by atoms with E-state index in [1.807, 2.05) is 24.3 Å². The lowest BCUT2D eigenvalue weighted by Crippen LogP contribution is -2.36. The fourth-order valence-corrected chi connectivity index (χ4v) is 3.33. The lowest BCUT2D eigenvalue weighted by atomic mass is 10.1. The highest BCUT2D eigenvalue weighted by atomic mass is 16.5. The Labute approximate surface area is 161 Å². The van der Waals surface area contributed by atoms with Crippen LogP contribution < -0.4 is 14.8 Å². The van der Waals surface area contributed by atoms with Crippen LogP contribution in [-0.4, -0.2) is 37.1 Å². The van der Waals surface area contributed by atoms with Crippen LogP contribution in [0.15, 0.2) is 48.5 Å². The number of carbonyl (C=O) groups excluding carboxylic acids is 1. The van der Waals surface area contributed by atoms with Gasteiger partial charge in [-0.15, -0.1) is 0 Å². The minimum absolute atomic E-state index is 0.147. The molecule has 1 heterocycles. The largest absolute Gasteiger partial charge is 0.493 e. The van der Waals surface area contributed by atoms with Crippen LogP contribution in [0.5, 0.6) is 11.5 Å². The third kappa shape index (κ3) is 5.47. The molecule has 0 saturated carbocycles. The summed E-state index contributed by atoms with van der Waals surface area (Å²) >= 11 is 0. The molecule has 27 heavy (non-hydrogen) atoms. The second-order valence-electron chi connectivity index (χ2n) is 6.93. The molecule has 1 amide bonds. The number of benzene rings is 2. The fraction of sp³-hybridized carbons (Fsp3) is 0.409. The minimum atomic E-state index is -0.603. The second-order valence-corrected chi connectivity index (χ2v) is 6.93. The van der Waals surface area contributed by atoms with Crippen LogP contribution in [0.3, 0.4) is 0 Å². The second kappa shape index (κ2) is 9.42. The van der Waals surface area contributed by atoms with Gasteiger partial charge >= 0.3 is 0 Å². The van der Waals surface area contributed by atoms with Crippen LogP contribution in [0, 0.1) is 0 Å². The van der Waals surface area contributed by atoms with Gasteiger partial charge in [0.25, 0.3) is 5.91 Å². The molecule has 5 heteroatoms. The van der Waals surface area contributed by atoms with Crippen LogP contribution >= 0.6 is 0 Å². The first-order chi connectivity index (χ1) is 13.2. The van der Waals surface area contributed by atoms with Gasteiger partial charge in [0.05, 0.1) is 7.11 Å². The molecule has 1 aliphatic rings. The first kappa shape index (κ1) is 19.2. The van der Waals surface area contributed by atoms with Crippen molar-refractivity contribution in [2.24, 2.45) is 0 Å². The highest BCUT2D eigenvalue weighted by Gasteiger charge is 2.16. The molecular formula is C22H28N2O3. The number of methoxy groups -OCH3 is 1. The SMILES string of the molecule is COc1ccccc1O[C@H](C)C(=O)NCc1cccc(CN2CCCC2)c1. The number of para-hydroxylation sites is 2. The maximum absolute atomic E-state index is 12.4. The quantitative estimate of drug-likeness (QED) is 0.776. The fourth-order valence-electron chi connectivity index (χ4n) is 3.33. The Bertz CT molecular complexity index is 757. The van der Waals surface area contributed by atoms with Crippen LogP contribution in [-0.2, 0) is 17.9 Å². The number of nitrogens with zero attached hydrogens (tertiary/aromatic N) is 1. The summed E-state index contributed by atoms with van der Waals surface area (Å²) in [5, 5.41) is 2.96. The Morgan fingerprint density at radius 1 is 1.07 bits per heavy atom. The number of nitrogens with one attached hydrogen (secondary N) is 1. The van der Waals surface area contributed by atoms with E-state index in [-0.39, 0.29) is 5.91 Å². The molecule has 5 nitrogen and oxygen atoms in total. The van der Waals surface area contributed by atoms with Crippen LogP contribution in [0.2, 0.25) is 0 Å². The highest BCUT2D eigenvalue weighted by molar-refractivity contribution is 5.80. The van der Waals surface area contributed by atoms with E-state index in [9.17, 15) is 4.79 Å². The summed E-state index contributed by atoms with van der Waals surface area (Å²) in [6.07, 6.45) is 1.98. The summed E-state index contributed by atoms with van der Waals surface area (Å²) in [6.45, 7) is 5.57. The topological polar surface area (TPSA) is 50.8 Å². The van der Waals surface area contributed by atoms with E-state index in [2.05, 4.69) is 28.4 Å². The zero-order chi connectivity index (χ0) is 19.1. The summed E-state index contributed by atoms with van der Waals surface area (Å²) in [5.74, 6) is 1.04. The van der Waals surface area contributed by atoms with Crippen molar-refractivity contribution < 1.29 is 14.3 Å². The molecule has 1 aliphatic heterocycles. The smallest absolute Gasteiger partial charge is 0.261 e. The van der Waals surface area contributed by atoms with Crippen molar-refractivity contribution in [3.05, 3.63) is 59.7 Å². The molecule has 2 aromatic rings. The monoisotopic (exact) mass is 368 g/mol. The molecule has 2 aromatic carbocycles. The number of carbonyl (C=O) groups is 1. The van der Waals surface area contributed by atoms with E-state index >= 15 is 0 Å². The van der Waals surface area contributed by atoms with Crippen LogP contribution in [0.25, 0.3) is 0 Å². The summed E-state index contributed by atoms with van der Waals surface area (Å²) in [4.78, 5) is 14.9. The van der Waals surface area contributed by atoms with Crippen molar-refractivity contribution in [1.29, 1.82) is 0 Å². The molecule has 0 radical (unpaired) electrons. The van der Waals surface area contributed by atoms with Gasteiger partial charge in [-0.3, -0.25) is 9.69 Å². The maximum atomic E-state index is 12.4. The summed E-state index contributed by atoms with van der Waals surface area (Å²) in [5.41, 5.74) is 2.39. The predicted molar refractivity (Wildman–Crippen MR) is 106 cm³/mol. The highest BCUT2D eigenvalue weighted by Crippen LogP contribution is 2.26. The number of rotatable bonds is 8. The van der Waals surface area contributed by atoms with Gasteiger partial charge in [0.15, 0.2) is 17.6 Å². The molecule has 0 spiro atoms. The van der Waals surface area contributed by atoms with E-state index in [0.717, 1.165) is 12.1 Å². The van der Waals surface area contributed by atoms with Gasteiger partial charge in [0, 0.05) is 13.1 Å². The summed E-state index contributed by atoms with van der Waals surface area (Å²) in [7, 11) is 1.59. The number of likely N-dealkylation sites (tertiary alicyclic amines) is 1. The van der Waals surface area contributed by atoms with Gasteiger partial charge in [0.2, 0.25) is 0 Å². The zero-order valence-electron chi connectivity index (χ0n) is 16.1. The summed E-state index contributed by atoms with van der Waals surface area (Å²) < 4.78 is 11.0. The third-order valence-electron chi connectivity index (χ3n) is 4.81. The lowest BCUT2D eigenvalue weighted by molar-refractivity contribution is -0.127. The Kier molecular flexibility index (Phi) is 6.71.